The van der Waals surface area contributed by atoms with Gasteiger partial charge in [0.05, 0.1) is 17.2 Å². The highest BCUT2D eigenvalue weighted by atomic mass is 16.6. The monoisotopic (exact) mass is 544 g/mol. The fourth-order valence-electron chi connectivity index (χ4n) is 5.33. The maximum absolute atomic E-state index is 11.7. The van der Waals surface area contributed by atoms with Gasteiger partial charge in [0.2, 0.25) is 0 Å². The summed E-state index contributed by atoms with van der Waals surface area (Å²) in [6.07, 6.45) is 0.713. The Hall–Kier alpha value is -4.01. The third-order valence-corrected chi connectivity index (χ3v) is 7.29. The number of aliphatic carboxylic acids is 1. The van der Waals surface area contributed by atoms with E-state index in [2.05, 4.69) is 29.7 Å². The number of hydrogen-bond acceptors (Lipinski definition) is 5. The van der Waals surface area contributed by atoms with Crippen LogP contribution in [0.25, 0.3) is 33.3 Å². The molecule has 4 rings (SSSR count). The predicted octanol–water partition coefficient (Wildman–Crippen LogP) is 6.63. The first kappa shape index (κ1) is 29.0. The molecule has 8 heteroatoms. The van der Waals surface area contributed by atoms with Gasteiger partial charge < -0.3 is 19.5 Å². The first-order chi connectivity index (χ1) is 19.1. The molecule has 0 aliphatic heterocycles. The molecule has 4 aromatic rings. The summed E-state index contributed by atoms with van der Waals surface area (Å²) >= 11 is 0. The van der Waals surface area contributed by atoms with E-state index in [-0.39, 0.29) is 30.6 Å². The second-order valence-corrected chi connectivity index (χ2v) is 10.9. The van der Waals surface area contributed by atoms with E-state index < -0.39 is 10.9 Å². The summed E-state index contributed by atoms with van der Waals surface area (Å²) in [5, 5.41) is 32.1. The fraction of sp³-hybridized carbons (Fsp3) is 0.344. The fourth-order valence-corrected chi connectivity index (χ4v) is 5.33. The highest BCUT2D eigenvalue weighted by molar-refractivity contribution is 5.95. The van der Waals surface area contributed by atoms with E-state index in [1.165, 1.54) is 12.1 Å². The van der Waals surface area contributed by atoms with Crippen LogP contribution in [-0.2, 0) is 35.5 Å². The molecule has 1 aromatic heterocycles. The average Bonchev–Trinajstić information content (AvgIpc) is 3.23. The molecular weight excluding hydrogens is 508 g/mol. The number of hydrogen-bond donors (Lipinski definition) is 2. The van der Waals surface area contributed by atoms with Crippen LogP contribution in [0.1, 0.15) is 43.9 Å². The van der Waals surface area contributed by atoms with Crippen molar-refractivity contribution in [3.8, 4) is 22.4 Å². The number of non-ortho nitro benzene ring substituents is 1. The number of aromatic nitrogens is 1. The highest BCUT2D eigenvalue weighted by Crippen LogP contribution is 2.41. The molecule has 0 atom stereocenters. The van der Waals surface area contributed by atoms with Crippen molar-refractivity contribution in [1.82, 2.24) is 4.57 Å². The molecule has 0 bridgehead atoms. The first-order valence-electron chi connectivity index (χ1n) is 13.4. The van der Waals surface area contributed by atoms with Crippen molar-refractivity contribution in [2.75, 3.05) is 13.7 Å². The number of methoxy groups -OCH3 is 1. The number of benzene rings is 3. The summed E-state index contributed by atoms with van der Waals surface area (Å²) in [6.45, 7) is 7.37. The minimum atomic E-state index is -0.951. The van der Waals surface area contributed by atoms with Gasteiger partial charge in [-0.15, -0.1) is 0 Å². The minimum absolute atomic E-state index is 0.0163. The average molecular weight is 545 g/mol. The van der Waals surface area contributed by atoms with Crippen LogP contribution < -0.4 is 0 Å². The molecule has 0 saturated heterocycles. The van der Waals surface area contributed by atoms with Gasteiger partial charge in [-0.25, -0.2) is 0 Å². The Morgan fingerprint density at radius 3 is 2.48 bits per heavy atom. The third kappa shape index (κ3) is 6.08. The normalized spacial score (nSPS) is 11.7. The lowest BCUT2D eigenvalue weighted by atomic mass is 9.84. The standard InChI is InChI=1S/C32H36N2O6/c1-5-33-29-12-11-22(24-14-21(10-13-30(36)37)15-25(16-24)34(38)39)17-27(29)28(18-32(2,3)20-35)31(33)26-9-7-6-8-23(26)19-40-4/h6-9,11-12,14-17,35H,5,10,13,18-20H2,1-4H3,(H,36,37). The van der Waals surface area contributed by atoms with Gasteiger partial charge in [0.25, 0.3) is 5.69 Å². The van der Waals surface area contributed by atoms with Crippen molar-refractivity contribution in [2.45, 2.75) is 53.2 Å². The molecule has 0 saturated carbocycles. The van der Waals surface area contributed by atoms with Crippen LogP contribution in [0, 0.1) is 15.5 Å². The second-order valence-electron chi connectivity index (χ2n) is 10.9. The Labute approximate surface area is 234 Å². The summed E-state index contributed by atoms with van der Waals surface area (Å²) in [4.78, 5) is 22.4. The SMILES string of the molecule is CCn1c(-c2ccccc2COC)c(CC(C)(C)CO)c2cc(-c3cc(CCC(=O)O)cc([N+](=O)[O-])c3)ccc21. The predicted molar refractivity (Wildman–Crippen MR) is 156 cm³/mol. The highest BCUT2D eigenvalue weighted by Gasteiger charge is 2.26. The van der Waals surface area contributed by atoms with Crippen LogP contribution in [0.15, 0.2) is 60.7 Å². The second kappa shape index (κ2) is 12.0. The van der Waals surface area contributed by atoms with Gasteiger partial charge in [0.15, 0.2) is 0 Å². The summed E-state index contributed by atoms with van der Waals surface area (Å²) in [7, 11) is 1.68. The number of fused-ring (bicyclic) bond motifs is 1. The van der Waals surface area contributed by atoms with Gasteiger partial charge in [-0.2, -0.15) is 0 Å². The molecule has 0 amide bonds. The molecule has 2 N–H and O–H groups in total. The number of nitro benzene ring substituents is 1. The molecule has 0 fully saturated rings. The molecule has 3 aromatic carbocycles. The maximum Gasteiger partial charge on any atom is 0.303 e. The van der Waals surface area contributed by atoms with Gasteiger partial charge in [-0.3, -0.25) is 14.9 Å². The smallest absolute Gasteiger partial charge is 0.303 e. The Morgan fingerprint density at radius 2 is 1.82 bits per heavy atom. The number of nitrogens with zero attached hydrogens (tertiary/aromatic N) is 2. The van der Waals surface area contributed by atoms with Crippen LogP contribution in [0.4, 0.5) is 5.69 Å². The molecule has 210 valence electrons. The Balaban J connectivity index is 1.99. The molecule has 0 unspecified atom stereocenters. The number of ether oxygens (including phenoxy) is 1. The van der Waals surface area contributed by atoms with Crippen LogP contribution in [-0.4, -0.2) is 39.4 Å². The molecule has 40 heavy (non-hydrogen) atoms. The Morgan fingerprint density at radius 1 is 1.07 bits per heavy atom. The van der Waals surface area contributed by atoms with Crippen molar-refractivity contribution in [2.24, 2.45) is 5.41 Å². The quantitative estimate of drug-likeness (QED) is 0.153. The number of carboxylic acids is 1. The largest absolute Gasteiger partial charge is 0.481 e. The zero-order chi connectivity index (χ0) is 29.0. The topological polar surface area (TPSA) is 115 Å². The van der Waals surface area contributed by atoms with Crippen LogP contribution in [0.3, 0.4) is 0 Å². The van der Waals surface area contributed by atoms with E-state index in [0.717, 1.165) is 45.4 Å². The number of aliphatic hydroxyl groups is 1. The Bertz CT molecular complexity index is 1550. The maximum atomic E-state index is 11.7. The van der Waals surface area contributed by atoms with Crippen molar-refractivity contribution in [1.29, 1.82) is 0 Å². The van der Waals surface area contributed by atoms with Gasteiger partial charge in [-0.1, -0.05) is 50.2 Å². The van der Waals surface area contributed by atoms with Crippen LogP contribution >= 0.6 is 0 Å². The van der Waals surface area contributed by atoms with E-state index in [0.29, 0.717) is 24.2 Å². The lowest BCUT2D eigenvalue weighted by Gasteiger charge is -2.23. The van der Waals surface area contributed by atoms with Crippen LogP contribution in [0.5, 0.6) is 0 Å². The van der Waals surface area contributed by atoms with E-state index in [1.54, 1.807) is 7.11 Å². The molecule has 8 nitrogen and oxygen atoms in total. The van der Waals surface area contributed by atoms with Gasteiger partial charge in [-0.05, 0) is 65.1 Å². The summed E-state index contributed by atoms with van der Waals surface area (Å²) in [5.74, 6) is -0.951. The molecule has 0 aliphatic carbocycles. The third-order valence-electron chi connectivity index (χ3n) is 7.29. The van der Waals surface area contributed by atoms with Crippen LogP contribution in [0.2, 0.25) is 0 Å². The number of rotatable bonds is 12. The summed E-state index contributed by atoms with van der Waals surface area (Å²) in [6, 6.07) is 19.0. The Kier molecular flexibility index (Phi) is 8.71. The molecule has 0 spiro atoms. The van der Waals surface area contributed by atoms with Gasteiger partial charge >= 0.3 is 5.97 Å². The zero-order valence-corrected chi connectivity index (χ0v) is 23.4. The molecule has 1 heterocycles. The number of carbonyl (C=O) groups is 1. The molecule has 0 aliphatic rings. The lowest BCUT2D eigenvalue weighted by molar-refractivity contribution is -0.384. The van der Waals surface area contributed by atoms with Crippen molar-refractivity contribution in [3.63, 3.8) is 0 Å². The van der Waals surface area contributed by atoms with E-state index >= 15 is 0 Å². The van der Waals surface area contributed by atoms with E-state index in [9.17, 15) is 20.0 Å². The minimum Gasteiger partial charge on any atom is -0.481 e. The van der Waals surface area contributed by atoms with Crippen molar-refractivity contribution < 1.29 is 24.7 Å². The molecule has 0 radical (unpaired) electrons. The number of aryl methyl sites for hydroxylation is 2. The number of carboxylic acid groups (broad SMARTS) is 1. The van der Waals surface area contributed by atoms with Crippen molar-refractivity contribution in [3.05, 3.63) is 87.5 Å². The first-order valence-corrected chi connectivity index (χ1v) is 13.4. The van der Waals surface area contributed by atoms with Gasteiger partial charge in [0, 0.05) is 55.3 Å². The van der Waals surface area contributed by atoms with E-state index in [4.69, 9.17) is 9.84 Å². The van der Waals surface area contributed by atoms with E-state index in [1.807, 2.05) is 44.2 Å². The zero-order valence-electron chi connectivity index (χ0n) is 23.4. The lowest BCUT2D eigenvalue weighted by Crippen LogP contribution is -2.20. The van der Waals surface area contributed by atoms with Crippen molar-refractivity contribution >= 4 is 22.6 Å². The summed E-state index contributed by atoms with van der Waals surface area (Å²) < 4.78 is 7.79. The number of nitro groups is 1. The molecular formula is C32H36N2O6. The summed E-state index contributed by atoms with van der Waals surface area (Å²) in [5.41, 5.74) is 6.95. The number of aliphatic hydroxyl groups excluding tert-OH is 1. The van der Waals surface area contributed by atoms with Gasteiger partial charge in [0.1, 0.15) is 0 Å².